The third kappa shape index (κ3) is 2.62. The zero-order valence-corrected chi connectivity index (χ0v) is 8.70. The van der Waals surface area contributed by atoms with Gasteiger partial charge in [-0.1, -0.05) is 6.07 Å². The zero-order valence-electron chi connectivity index (χ0n) is 7.89. The molecule has 0 aromatic heterocycles. The highest BCUT2D eigenvalue weighted by Crippen LogP contribution is 2.20. The fourth-order valence-corrected chi connectivity index (χ4v) is 1.45. The van der Waals surface area contributed by atoms with Gasteiger partial charge in [0, 0.05) is 6.04 Å². The van der Waals surface area contributed by atoms with Gasteiger partial charge in [0.15, 0.2) is 5.11 Å². The summed E-state index contributed by atoms with van der Waals surface area (Å²) in [4.78, 5) is 0. The zero-order chi connectivity index (χ0) is 10.8. The Labute approximate surface area is 91.7 Å². The molecule has 0 atom stereocenters. The fraction of sp³-hybridized carbons (Fsp3) is 0.300. The SMILES string of the molecule is Fc1cccc(F)c1NC(=S)NC1CC1. The van der Waals surface area contributed by atoms with Crippen LogP contribution in [0.4, 0.5) is 14.5 Å². The predicted molar refractivity (Wildman–Crippen MR) is 58.7 cm³/mol. The van der Waals surface area contributed by atoms with Crippen LogP contribution in [-0.4, -0.2) is 11.2 Å². The highest BCUT2D eigenvalue weighted by atomic mass is 32.1. The molecular formula is C10H10F2N2S. The van der Waals surface area contributed by atoms with Crippen molar-refractivity contribution in [2.45, 2.75) is 18.9 Å². The quantitative estimate of drug-likeness (QED) is 0.760. The summed E-state index contributed by atoms with van der Waals surface area (Å²) in [6, 6.07) is 4.05. The first-order valence-electron chi connectivity index (χ1n) is 4.68. The van der Waals surface area contributed by atoms with E-state index in [0.29, 0.717) is 6.04 Å². The third-order valence-electron chi connectivity index (χ3n) is 2.11. The molecule has 80 valence electrons. The first-order chi connectivity index (χ1) is 7.16. The van der Waals surface area contributed by atoms with E-state index >= 15 is 0 Å². The van der Waals surface area contributed by atoms with Crippen LogP contribution < -0.4 is 10.6 Å². The smallest absolute Gasteiger partial charge is 0.171 e. The monoisotopic (exact) mass is 228 g/mol. The van der Waals surface area contributed by atoms with Gasteiger partial charge in [0.2, 0.25) is 0 Å². The van der Waals surface area contributed by atoms with Gasteiger partial charge in [-0.25, -0.2) is 8.78 Å². The molecule has 0 unspecified atom stereocenters. The minimum Gasteiger partial charge on any atom is -0.360 e. The molecule has 0 heterocycles. The Morgan fingerprint density at radius 2 is 1.87 bits per heavy atom. The second-order valence-electron chi connectivity index (χ2n) is 3.47. The Morgan fingerprint density at radius 3 is 2.40 bits per heavy atom. The molecule has 2 nitrogen and oxygen atoms in total. The standard InChI is InChI=1S/C10H10F2N2S/c11-7-2-1-3-8(12)9(7)14-10(15)13-6-4-5-6/h1-3,6H,4-5H2,(H2,13,14,15). The van der Waals surface area contributed by atoms with Crippen molar-refractivity contribution in [3.05, 3.63) is 29.8 Å². The van der Waals surface area contributed by atoms with Crippen LogP contribution >= 0.6 is 12.2 Å². The van der Waals surface area contributed by atoms with Crippen LogP contribution in [-0.2, 0) is 0 Å². The van der Waals surface area contributed by atoms with Gasteiger partial charge >= 0.3 is 0 Å². The molecule has 0 bridgehead atoms. The van der Waals surface area contributed by atoms with Crippen LogP contribution in [0.25, 0.3) is 0 Å². The van der Waals surface area contributed by atoms with Crippen molar-refractivity contribution in [1.29, 1.82) is 0 Å². The third-order valence-corrected chi connectivity index (χ3v) is 2.33. The first kappa shape index (κ1) is 10.3. The largest absolute Gasteiger partial charge is 0.360 e. The van der Waals surface area contributed by atoms with E-state index in [9.17, 15) is 8.78 Å². The van der Waals surface area contributed by atoms with Crippen molar-refractivity contribution in [3.8, 4) is 0 Å². The van der Waals surface area contributed by atoms with E-state index in [1.165, 1.54) is 18.2 Å². The Balaban J connectivity index is 2.05. The van der Waals surface area contributed by atoms with Crippen molar-refractivity contribution < 1.29 is 8.78 Å². The molecule has 2 rings (SSSR count). The number of hydrogen-bond donors (Lipinski definition) is 2. The summed E-state index contributed by atoms with van der Waals surface area (Å²) in [6.07, 6.45) is 2.11. The summed E-state index contributed by atoms with van der Waals surface area (Å²) in [5.41, 5.74) is -0.198. The van der Waals surface area contributed by atoms with E-state index in [0.717, 1.165) is 12.8 Å². The van der Waals surface area contributed by atoms with E-state index < -0.39 is 11.6 Å². The number of halogens is 2. The molecule has 2 N–H and O–H groups in total. The molecule has 0 saturated heterocycles. The molecule has 1 saturated carbocycles. The molecule has 0 aliphatic heterocycles. The topological polar surface area (TPSA) is 24.1 Å². The molecule has 1 aliphatic rings. The van der Waals surface area contributed by atoms with Crippen LogP contribution in [0.5, 0.6) is 0 Å². The number of para-hydroxylation sites is 1. The highest BCUT2D eigenvalue weighted by Gasteiger charge is 2.22. The summed E-state index contributed by atoms with van der Waals surface area (Å²) in [6.45, 7) is 0. The maximum atomic E-state index is 13.2. The van der Waals surface area contributed by atoms with Gasteiger partial charge in [-0.15, -0.1) is 0 Å². The number of hydrogen-bond acceptors (Lipinski definition) is 1. The van der Waals surface area contributed by atoms with Crippen molar-refractivity contribution in [3.63, 3.8) is 0 Å². The number of benzene rings is 1. The molecule has 5 heteroatoms. The van der Waals surface area contributed by atoms with Crippen molar-refractivity contribution in [2.75, 3.05) is 5.32 Å². The Kier molecular flexibility index (Phi) is 2.81. The van der Waals surface area contributed by atoms with E-state index in [4.69, 9.17) is 12.2 Å². The van der Waals surface area contributed by atoms with Crippen LogP contribution in [0.2, 0.25) is 0 Å². The Hall–Kier alpha value is -1.23. The highest BCUT2D eigenvalue weighted by molar-refractivity contribution is 7.80. The lowest BCUT2D eigenvalue weighted by atomic mass is 10.3. The van der Waals surface area contributed by atoms with Gasteiger partial charge < -0.3 is 10.6 Å². The summed E-state index contributed by atoms with van der Waals surface area (Å²) >= 11 is 4.92. The van der Waals surface area contributed by atoms with E-state index in [2.05, 4.69) is 10.6 Å². The van der Waals surface area contributed by atoms with Gasteiger partial charge in [0.1, 0.15) is 17.3 Å². The molecule has 1 aromatic rings. The first-order valence-corrected chi connectivity index (χ1v) is 5.09. The lowest BCUT2D eigenvalue weighted by molar-refractivity contribution is 0.591. The minimum atomic E-state index is -0.644. The van der Waals surface area contributed by atoms with Crippen LogP contribution in [0.3, 0.4) is 0 Å². The molecule has 0 radical (unpaired) electrons. The van der Waals surface area contributed by atoms with Gasteiger partial charge in [0.25, 0.3) is 0 Å². The number of thiocarbonyl (C=S) groups is 1. The predicted octanol–water partition coefficient (Wildman–Crippen LogP) is 2.41. The summed E-state index contributed by atoms with van der Waals surface area (Å²) in [7, 11) is 0. The average Bonchev–Trinajstić information content (AvgIpc) is 2.95. The molecule has 0 amide bonds. The van der Waals surface area contributed by atoms with Crippen molar-refractivity contribution in [1.82, 2.24) is 5.32 Å². The molecule has 15 heavy (non-hydrogen) atoms. The lowest BCUT2D eigenvalue weighted by Crippen LogP contribution is -2.30. The molecule has 1 aromatic carbocycles. The van der Waals surface area contributed by atoms with Crippen LogP contribution in [0.1, 0.15) is 12.8 Å². The molecule has 1 aliphatic carbocycles. The number of rotatable bonds is 2. The van der Waals surface area contributed by atoms with Gasteiger partial charge in [-0.2, -0.15) is 0 Å². The summed E-state index contributed by atoms with van der Waals surface area (Å²) in [5, 5.41) is 5.73. The van der Waals surface area contributed by atoms with Crippen molar-refractivity contribution in [2.24, 2.45) is 0 Å². The Bertz CT molecular complexity index is 371. The Morgan fingerprint density at radius 1 is 1.27 bits per heavy atom. The van der Waals surface area contributed by atoms with E-state index in [-0.39, 0.29) is 10.8 Å². The van der Waals surface area contributed by atoms with E-state index in [1.807, 2.05) is 0 Å². The molecule has 1 fully saturated rings. The van der Waals surface area contributed by atoms with E-state index in [1.54, 1.807) is 0 Å². The van der Waals surface area contributed by atoms with Gasteiger partial charge in [0.05, 0.1) is 0 Å². The van der Waals surface area contributed by atoms with Crippen LogP contribution in [0.15, 0.2) is 18.2 Å². The average molecular weight is 228 g/mol. The maximum absolute atomic E-state index is 13.2. The number of nitrogens with one attached hydrogen (secondary N) is 2. The summed E-state index contributed by atoms with van der Waals surface area (Å²) in [5.74, 6) is -1.29. The minimum absolute atomic E-state index is 0.198. The maximum Gasteiger partial charge on any atom is 0.171 e. The second-order valence-corrected chi connectivity index (χ2v) is 3.88. The van der Waals surface area contributed by atoms with Gasteiger partial charge in [-0.3, -0.25) is 0 Å². The normalized spacial score (nSPS) is 14.8. The van der Waals surface area contributed by atoms with Crippen molar-refractivity contribution >= 4 is 23.0 Å². The lowest BCUT2D eigenvalue weighted by Gasteiger charge is -2.10. The van der Waals surface area contributed by atoms with Crippen LogP contribution in [0, 0.1) is 11.6 Å². The molecule has 0 spiro atoms. The van der Waals surface area contributed by atoms with Gasteiger partial charge in [-0.05, 0) is 37.2 Å². The fourth-order valence-electron chi connectivity index (χ4n) is 1.18. The summed E-state index contributed by atoms with van der Waals surface area (Å²) < 4.78 is 26.3. The second kappa shape index (κ2) is 4.10. The number of anilines is 1. The molecular weight excluding hydrogens is 218 g/mol.